The molecule has 2 nitrogen and oxygen atoms in total. The van der Waals surface area contributed by atoms with Gasteiger partial charge in [-0.05, 0) is 18.8 Å². The highest BCUT2D eigenvalue weighted by Gasteiger charge is 2.13. The van der Waals surface area contributed by atoms with Crippen LogP contribution in [0.2, 0.25) is 0 Å². The van der Waals surface area contributed by atoms with E-state index in [1.165, 1.54) is 25.7 Å². The Hall–Kier alpha value is -0.240. The van der Waals surface area contributed by atoms with E-state index >= 15 is 0 Å². The van der Waals surface area contributed by atoms with E-state index in [2.05, 4.69) is 4.99 Å². The first-order chi connectivity index (χ1) is 5.33. The minimum atomic E-state index is 0.368. The second-order valence-corrected chi connectivity index (χ2v) is 3.38. The number of nitrogens with zero attached hydrogens (tertiary/aromatic N) is 1. The van der Waals surface area contributed by atoms with Gasteiger partial charge in [-0.1, -0.05) is 12.8 Å². The predicted molar refractivity (Wildman–Crippen MR) is 49.2 cm³/mol. The van der Waals surface area contributed by atoms with Crippen molar-refractivity contribution >= 4 is 17.4 Å². The van der Waals surface area contributed by atoms with Crippen LogP contribution < -0.4 is 5.73 Å². The molecule has 2 N–H and O–H groups in total. The maximum Gasteiger partial charge on any atom is 0.109 e. The molecule has 0 aromatic heterocycles. The van der Waals surface area contributed by atoms with Crippen molar-refractivity contribution in [2.24, 2.45) is 16.6 Å². The van der Waals surface area contributed by atoms with Gasteiger partial charge < -0.3 is 5.73 Å². The highest BCUT2D eigenvalue weighted by Crippen LogP contribution is 2.24. The van der Waals surface area contributed by atoms with E-state index in [0.717, 1.165) is 12.5 Å². The second-order valence-electron chi connectivity index (χ2n) is 3.12. The van der Waals surface area contributed by atoms with Crippen LogP contribution in [-0.2, 0) is 0 Å². The SMILES string of the molecule is NC(CCl)=NCC1CCCC1. The third-order valence-electron chi connectivity index (χ3n) is 2.16. The molecule has 0 radical (unpaired) electrons. The lowest BCUT2D eigenvalue weighted by molar-refractivity contribution is 0.563. The maximum atomic E-state index is 5.48. The first-order valence-electron chi connectivity index (χ1n) is 4.17. The molecular weight excluding hydrogens is 160 g/mol. The number of hydrogen-bond acceptors (Lipinski definition) is 1. The van der Waals surface area contributed by atoms with Gasteiger partial charge in [-0.15, -0.1) is 11.6 Å². The number of alkyl halides is 1. The number of nitrogens with two attached hydrogens (primary N) is 1. The van der Waals surface area contributed by atoms with E-state index in [-0.39, 0.29) is 0 Å². The summed E-state index contributed by atoms with van der Waals surface area (Å²) in [5.41, 5.74) is 5.47. The van der Waals surface area contributed by atoms with E-state index in [9.17, 15) is 0 Å². The van der Waals surface area contributed by atoms with Gasteiger partial charge in [-0.2, -0.15) is 0 Å². The summed E-state index contributed by atoms with van der Waals surface area (Å²) in [7, 11) is 0. The second kappa shape index (κ2) is 4.60. The van der Waals surface area contributed by atoms with Crippen molar-refractivity contribution in [3.63, 3.8) is 0 Å². The van der Waals surface area contributed by atoms with Crippen LogP contribution >= 0.6 is 11.6 Å². The largest absolute Gasteiger partial charge is 0.386 e. The van der Waals surface area contributed by atoms with Crippen LogP contribution in [0, 0.1) is 5.92 Å². The summed E-state index contributed by atoms with van der Waals surface area (Å²) in [6, 6.07) is 0. The lowest BCUT2D eigenvalue weighted by Gasteiger charge is -2.03. The Kier molecular flexibility index (Phi) is 3.70. The topological polar surface area (TPSA) is 38.4 Å². The summed E-state index contributed by atoms with van der Waals surface area (Å²) in [6.45, 7) is 0.887. The van der Waals surface area contributed by atoms with E-state index in [1.54, 1.807) is 0 Å². The van der Waals surface area contributed by atoms with E-state index in [4.69, 9.17) is 17.3 Å². The van der Waals surface area contributed by atoms with Crippen LogP contribution in [0.15, 0.2) is 4.99 Å². The zero-order chi connectivity index (χ0) is 8.10. The average Bonchev–Trinajstić information content (AvgIpc) is 2.52. The summed E-state index contributed by atoms with van der Waals surface area (Å²) in [5.74, 6) is 1.72. The van der Waals surface area contributed by atoms with Crippen molar-refractivity contribution in [2.45, 2.75) is 25.7 Å². The minimum absolute atomic E-state index is 0.368. The minimum Gasteiger partial charge on any atom is -0.386 e. The highest BCUT2D eigenvalue weighted by molar-refractivity contribution is 6.27. The monoisotopic (exact) mass is 174 g/mol. The number of hydrogen-bond donors (Lipinski definition) is 1. The van der Waals surface area contributed by atoms with E-state index < -0.39 is 0 Å². The fourth-order valence-corrected chi connectivity index (χ4v) is 1.57. The van der Waals surface area contributed by atoms with Gasteiger partial charge in [0, 0.05) is 6.54 Å². The molecule has 0 saturated heterocycles. The van der Waals surface area contributed by atoms with Gasteiger partial charge in [-0.25, -0.2) is 0 Å². The molecule has 0 aromatic carbocycles. The van der Waals surface area contributed by atoms with Gasteiger partial charge in [0.25, 0.3) is 0 Å². The normalized spacial score (nSPS) is 21.0. The van der Waals surface area contributed by atoms with Gasteiger partial charge in [0.1, 0.15) is 5.84 Å². The fourth-order valence-electron chi connectivity index (χ4n) is 1.48. The average molecular weight is 175 g/mol. The van der Waals surface area contributed by atoms with Crippen molar-refractivity contribution in [1.29, 1.82) is 0 Å². The number of rotatable bonds is 3. The molecule has 11 heavy (non-hydrogen) atoms. The zero-order valence-corrected chi connectivity index (χ0v) is 7.48. The molecule has 1 saturated carbocycles. The Morgan fingerprint density at radius 2 is 2.09 bits per heavy atom. The van der Waals surface area contributed by atoms with Crippen LogP contribution in [-0.4, -0.2) is 18.3 Å². The molecular formula is C8H15ClN2. The molecule has 0 aliphatic heterocycles. The fraction of sp³-hybridized carbons (Fsp3) is 0.875. The summed E-state index contributed by atoms with van der Waals surface area (Å²) in [4.78, 5) is 4.19. The summed E-state index contributed by atoms with van der Waals surface area (Å²) < 4.78 is 0. The molecule has 64 valence electrons. The van der Waals surface area contributed by atoms with Crippen LogP contribution in [0.4, 0.5) is 0 Å². The van der Waals surface area contributed by atoms with Gasteiger partial charge in [0.2, 0.25) is 0 Å². The molecule has 0 aromatic rings. The summed E-state index contributed by atoms with van der Waals surface area (Å²) >= 11 is 5.48. The first kappa shape index (κ1) is 8.85. The highest BCUT2D eigenvalue weighted by atomic mass is 35.5. The van der Waals surface area contributed by atoms with Crippen molar-refractivity contribution < 1.29 is 0 Å². The molecule has 0 amide bonds. The molecule has 1 aliphatic rings. The van der Waals surface area contributed by atoms with Gasteiger partial charge in [0.15, 0.2) is 0 Å². The summed E-state index contributed by atoms with van der Waals surface area (Å²) in [5, 5.41) is 0. The Morgan fingerprint density at radius 1 is 1.45 bits per heavy atom. The van der Waals surface area contributed by atoms with Crippen molar-refractivity contribution in [3.8, 4) is 0 Å². The number of amidine groups is 1. The third kappa shape index (κ3) is 3.10. The Labute approximate surface area is 72.8 Å². The van der Waals surface area contributed by atoms with Crippen LogP contribution in [0.25, 0.3) is 0 Å². The summed E-state index contributed by atoms with van der Waals surface area (Å²) in [6.07, 6.45) is 5.36. The van der Waals surface area contributed by atoms with Gasteiger partial charge in [0.05, 0.1) is 5.88 Å². The smallest absolute Gasteiger partial charge is 0.109 e. The van der Waals surface area contributed by atoms with Gasteiger partial charge in [-0.3, -0.25) is 4.99 Å². The molecule has 0 unspecified atom stereocenters. The zero-order valence-electron chi connectivity index (χ0n) is 6.72. The molecule has 1 aliphatic carbocycles. The van der Waals surface area contributed by atoms with Crippen molar-refractivity contribution in [3.05, 3.63) is 0 Å². The molecule has 1 fully saturated rings. The third-order valence-corrected chi connectivity index (χ3v) is 2.44. The van der Waals surface area contributed by atoms with E-state index in [0.29, 0.717) is 11.7 Å². The standard InChI is InChI=1S/C8H15ClN2/c9-5-8(10)11-6-7-3-1-2-4-7/h7H,1-6H2,(H2,10,11). The number of halogens is 1. The lowest BCUT2D eigenvalue weighted by atomic mass is 10.1. The molecule has 0 spiro atoms. The Bertz CT molecular complexity index is 139. The first-order valence-corrected chi connectivity index (χ1v) is 4.71. The van der Waals surface area contributed by atoms with Crippen molar-refractivity contribution in [2.75, 3.05) is 12.4 Å². The van der Waals surface area contributed by atoms with Crippen LogP contribution in [0.3, 0.4) is 0 Å². The van der Waals surface area contributed by atoms with Gasteiger partial charge >= 0.3 is 0 Å². The molecule has 0 bridgehead atoms. The quantitative estimate of drug-likeness (QED) is 0.395. The van der Waals surface area contributed by atoms with Crippen LogP contribution in [0.1, 0.15) is 25.7 Å². The molecule has 1 rings (SSSR count). The predicted octanol–water partition coefficient (Wildman–Crippen LogP) is 1.77. The lowest BCUT2D eigenvalue weighted by Crippen LogP contribution is -2.15. The molecule has 0 atom stereocenters. The van der Waals surface area contributed by atoms with Crippen molar-refractivity contribution in [1.82, 2.24) is 0 Å². The van der Waals surface area contributed by atoms with E-state index in [1.807, 2.05) is 0 Å². The van der Waals surface area contributed by atoms with Crippen LogP contribution in [0.5, 0.6) is 0 Å². The molecule has 0 heterocycles. The Morgan fingerprint density at radius 3 is 2.64 bits per heavy atom. The molecule has 3 heteroatoms. The Balaban J connectivity index is 2.19. The number of aliphatic imine (C=N–C) groups is 1. The maximum absolute atomic E-state index is 5.48.